The summed E-state index contributed by atoms with van der Waals surface area (Å²) in [6, 6.07) is 0. The van der Waals surface area contributed by atoms with Crippen LogP contribution in [0.2, 0.25) is 0 Å². The van der Waals surface area contributed by atoms with E-state index in [9.17, 15) is 48.7 Å². The number of carbonyl (C=O) groups excluding carboxylic acids is 1. The second kappa shape index (κ2) is 6.71. The van der Waals surface area contributed by atoms with Crippen LogP contribution in [0.5, 0.6) is 0 Å². The maximum absolute atomic E-state index is 14.2. The molecular formula is C13H16F10O3. The number of rotatable bonds is 6. The quantitative estimate of drug-likeness (QED) is 0.519. The Morgan fingerprint density at radius 1 is 0.923 bits per heavy atom. The molecule has 0 rings (SSSR count). The summed E-state index contributed by atoms with van der Waals surface area (Å²) >= 11 is 0. The highest BCUT2D eigenvalue weighted by atomic mass is 19.4. The lowest BCUT2D eigenvalue weighted by Crippen LogP contribution is -2.75. The van der Waals surface area contributed by atoms with E-state index in [1.165, 1.54) is 6.92 Å². The molecule has 0 fully saturated rings. The Kier molecular flexibility index (Phi) is 6.39. The van der Waals surface area contributed by atoms with Gasteiger partial charge in [0.15, 0.2) is 0 Å². The van der Waals surface area contributed by atoms with Crippen LogP contribution >= 0.6 is 0 Å². The number of hydrogen-bond donors (Lipinski definition) is 1. The molecule has 1 N–H and O–H groups in total. The van der Waals surface area contributed by atoms with E-state index < -0.39 is 54.2 Å². The molecular weight excluding hydrogens is 394 g/mol. The van der Waals surface area contributed by atoms with E-state index >= 15 is 0 Å². The van der Waals surface area contributed by atoms with E-state index in [1.807, 2.05) is 0 Å². The summed E-state index contributed by atoms with van der Waals surface area (Å²) < 4.78 is 135. The highest BCUT2D eigenvalue weighted by molar-refractivity contribution is 5.76. The molecule has 0 heterocycles. The zero-order valence-corrected chi connectivity index (χ0v) is 13.8. The Balaban J connectivity index is 6.61. The van der Waals surface area contributed by atoms with Crippen molar-refractivity contribution in [2.75, 3.05) is 0 Å². The minimum absolute atomic E-state index is 0.274. The lowest BCUT2D eigenvalue weighted by atomic mass is 9.81. The predicted molar refractivity (Wildman–Crippen MR) is 66.6 cm³/mol. The summed E-state index contributed by atoms with van der Waals surface area (Å²) in [5.41, 5.74) is -13.7. The van der Waals surface area contributed by atoms with Gasteiger partial charge in [0.05, 0.1) is 5.41 Å². The van der Waals surface area contributed by atoms with Gasteiger partial charge in [-0.2, -0.15) is 35.1 Å². The second-order valence-electron chi connectivity index (χ2n) is 6.30. The van der Waals surface area contributed by atoms with Gasteiger partial charge >= 0.3 is 24.2 Å². The van der Waals surface area contributed by atoms with Crippen molar-refractivity contribution in [3.63, 3.8) is 0 Å². The highest BCUT2D eigenvalue weighted by Gasteiger charge is 2.86. The van der Waals surface area contributed by atoms with Crippen molar-refractivity contribution < 1.29 is 58.5 Å². The number of hydrogen-bond acceptors (Lipinski definition) is 3. The van der Waals surface area contributed by atoms with Crippen LogP contribution in [0, 0.1) is 5.41 Å². The fourth-order valence-corrected chi connectivity index (χ4v) is 1.57. The van der Waals surface area contributed by atoms with Crippen LogP contribution < -0.4 is 0 Å². The van der Waals surface area contributed by atoms with Crippen molar-refractivity contribution >= 4 is 5.97 Å². The van der Waals surface area contributed by atoms with Crippen molar-refractivity contribution in [2.24, 2.45) is 5.41 Å². The molecule has 0 bridgehead atoms. The summed E-state index contributed by atoms with van der Waals surface area (Å²) in [5, 5.41) is 8.91. The van der Waals surface area contributed by atoms with Crippen molar-refractivity contribution in [3.05, 3.63) is 0 Å². The normalized spacial score (nSPS) is 19.1. The molecule has 13 heteroatoms. The summed E-state index contributed by atoms with van der Waals surface area (Å²) in [4.78, 5) is 11.7. The van der Waals surface area contributed by atoms with E-state index in [0.29, 0.717) is 0 Å². The molecule has 0 spiro atoms. The third-order valence-electron chi connectivity index (χ3n) is 4.10. The Hall–Kier alpha value is -1.27. The smallest absolute Gasteiger partial charge is 0.434 e. The molecule has 0 saturated carbocycles. The van der Waals surface area contributed by atoms with Gasteiger partial charge in [-0.3, -0.25) is 4.79 Å². The van der Waals surface area contributed by atoms with E-state index in [-0.39, 0.29) is 6.42 Å². The first kappa shape index (κ1) is 24.7. The van der Waals surface area contributed by atoms with Crippen LogP contribution in [0.15, 0.2) is 0 Å². The summed E-state index contributed by atoms with van der Waals surface area (Å²) in [5.74, 6) is -8.71. The van der Waals surface area contributed by atoms with Crippen LogP contribution in [0.1, 0.15) is 34.1 Å². The van der Waals surface area contributed by atoms with Crippen molar-refractivity contribution in [3.8, 4) is 0 Å². The molecule has 0 aromatic heterocycles. The van der Waals surface area contributed by atoms with Crippen LogP contribution in [-0.2, 0) is 9.53 Å². The average Bonchev–Trinajstić information content (AvgIpc) is 2.42. The number of esters is 1. The third kappa shape index (κ3) is 3.58. The Morgan fingerprint density at radius 2 is 1.31 bits per heavy atom. The molecule has 0 saturated heterocycles. The SMILES string of the molecule is CCC(C)(C)C(=O)OC(C)(C(F)(F)F)C(F)(F)C(O)(C(F)F)C(F)(F)F. The van der Waals surface area contributed by atoms with Gasteiger partial charge in [-0.15, -0.1) is 0 Å². The molecule has 0 aliphatic heterocycles. The molecule has 3 nitrogen and oxygen atoms in total. The van der Waals surface area contributed by atoms with Crippen LogP contribution in [0.4, 0.5) is 43.9 Å². The highest BCUT2D eigenvalue weighted by Crippen LogP contribution is 2.56. The average molecular weight is 410 g/mol. The molecule has 0 aromatic carbocycles. The standard InChI is InChI=1S/C13H16F10O3/c1-5-8(2,3)7(24)26-9(4,12(18,19)20)11(16,17)10(25,6(14)15)13(21,22)23/h6,25H,5H2,1-4H3. The largest absolute Gasteiger partial charge is 0.443 e. The van der Waals surface area contributed by atoms with Gasteiger partial charge in [0.2, 0.25) is 0 Å². The van der Waals surface area contributed by atoms with Gasteiger partial charge in [-0.1, -0.05) is 6.92 Å². The summed E-state index contributed by atoms with van der Waals surface area (Å²) in [7, 11) is 0. The van der Waals surface area contributed by atoms with Crippen molar-refractivity contribution in [1.29, 1.82) is 0 Å². The van der Waals surface area contributed by atoms with E-state index in [0.717, 1.165) is 13.8 Å². The van der Waals surface area contributed by atoms with Crippen molar-refractivity contribution in [2.45, 2.75) is 70.0 Å². The number of aliphatic hydroxyl groups is 1. The Bertz CT molecular complexity index is 525. The maximum atomic E-state index is 14.2. The fourth-order valence-electron chi connectivity index (χ4n) is 1.57. The minimum Gasteiger partial charge on any atom is -0.443 e. The molecule has 0 radical (unpaired) electrons. The predicted octanol–water partition coefficient (Wildman–Crippen LogP) is 4.48. The molecule has 0 aromatic rings. The van der Waals surface area contributed by atoms with Crippen molar-refractivity contribution in [1.82, 2.24) is 0 Å². The lowest BCUT2D eigenvalue weighted by Gasteiger charge is -2.46. The van der Waals surface area contributed by atoms with Gasteiger partial charge in [0.1, 0.15) is 0 Å². The number of carbonyl (C=O) groups is 1. The summed E-state index contributed by atoms with van der Waals surface area (Å²) in [6.45, 7) is 2.39. The Labute approximate surface area is 141 Å². The van der Waals surface area contributed by atoms with Gasteiger partial charge in [-0.05, 0) is 27.2 Å². The first-order valence-electron chi connectivity index (χ1n) is 6.88. The molecule has 0 aliphatic carbocycles. The molecule has 2 unspecified atom stereocenters. The zero-order chi connectivity index (χ0) is 21.6. The van der Waals surface area contributed by atoms with Gasteiger partial charge in [-0.25, -0.2) is 8.78 Å². The monoisotopic (exact) mass is 410 g/mol. The van der Waals surface area contributed by atoms with Gasteiger partial charge in [0.25, 0.3) is 17.6 Å². The number of alkyl halides is 10. The zero-order valence-electron chi connectivity index (χ0n) is 13.8. The van der Waals surface area contributed by atoms with E-state index in [2.05, 4.69) is 4.74 Å². The first-order chi connectivity index (χ1) is 11.1. The van der Waals surface area contributed by atoms with E-state index in [4.69, 9.17) is 5.11 Å². The third-order valence-corrected chi connectivity index (χ3v) is 4.10. The molecule has 156 valence electrons. The van der Waals surface area contributed by atoms with Crippen LogP contribution in [0.25, 0.3) is 0 Å². The maximum Gasteiger partial charge on any atom is 0.434 e. The van der Waals surface area contributed by atoms with Crippen LogP contribution in [-0.4, -0.2) is 47.0 Å². The van der Waals surface area contributed by atoms with Gasteiger partial charge < -0.3 is 9.84 Å². The molecule has 26 heavy (non-hydrogen) atoms. The summed E-state index contributed by atoms with van der Waals surface area (Å²) in [6.07, 6.45) is -19.0. The molecule has 0 aliphatic rings. The molecule has 0 amide bonds. The number of halogens is 10. The molecule has 2 atom stereocenters. The van der Waals surface area contributed by atoms with Gasteiger partial charge in [0, 0.05) is 0 Å². The Morgan fingerprint density at radius 3 is 1.54 bits per heavy atom. The fraction of sp³-hybridized carbons (Fsp3) is 0.923. The van der Waals surface area contributed by atoms with Crippen LogP contribution in [0.3, 0.4) is 0 Å². The minimum atomic E-state index is -6.89. The second-order valence-corrected chi connectivity index (χ2v) is 6.30. The van der Waals surface area contributed by atoms with E-state index in [1.54, 1.807) is 0 Å². The lowest BCUT2D eigenvalue weighted by molar-refractivity contribution is -0.426. The topological polar surface area (TPSA) is 46.5 Å². The number of ether oxygens (including phenoxy) is 1. The first-order valence-corrected chi connectivity index (χ1v) is 6.88.